The summed E-state index contributed by atoms with van der Waals surface area (Å²) in [5.74, 6) is 0.707. The fraction of sp³-hybridized carbons (Fsp3) is 0.400. The summed E-state index contributed by atoms with van der Waals surface area (Å²) < 4.78 is 12.9. The van der Waals surface area contributed by atoms with Gasteiger partial charge in [-0.2, -0.15) is 0 Å². The van der Waals surface area contributed by atoms with E-state index in [1.165, 1.54) is 12.1 Å². The molecule has 0 atom stereocenters. The Kier molecular flexibility index (Phi) is 4.25. The van der Waals surface area contributed by atoms with Crippen LogP contribution in [-0.2, 0) is 6.61 Å². The number of hydrogen-bond acceptors (Lipinski definition) is 2. The molecule has 1 aromatic carbocycles. The summed E-state index contributed by atoms with van der Waals surface area (Å²) in [6.07, 6.45) is 1.07. The highest BCUT2D eigenvalue weighted by atomic mass is 32.2. The summed E-state index contributed by atoms with van der Waals surface area (Å²) in [5, 5.41) is 8.84. The Morgan fingerprint density at radius 2 is 2.15 bits per heavy atom. The molecular formula is C10H13FOS. The second kappa shape index (κ2) is 5.25. The predicted molar refractivity (Wildman–Crippen MR) is 53.3 cm³/mol. The van der Waals surface area contributed by atoms with Gasteiger partial charge in [-0.05, 0) is 35.9 Å². The average molecular weight is 200 g/mol. The van der Waals surface area contributed by atoms with E-state index in [1.54, 1.807) is 11.8 Å². The van der Waals surface area contributed by atoms with Crippen LogP contribution in [0.4, 0.5) is 4.39 Å². The first-order valence-corrected chi connectivity index (χ1v) is 5.28. The van der Waals surface area contributed by atoms with E-state index in [1.807, 2.05) is 6.07 Å². The molecule has 0 aliphatic heterocycles. The van der Waals surface area contributed by atoms with Crippen molar-refractivity contribution in [3.63, 3.8) is 0 Å². The van der Waals surface area contributed by atoms with Crippen LogP contribution in [-0.4, -0.2) is 10.9 Å². The minimum atomic E-state index is -0.273. The number of benzene rings is 1. The molecule has 0 amide bonds. The van der Waals surface area contributed by atoms with Crippen LogP contribution in [0.25, 0.3) is 0 Å². The maximum atomic E-state index is 12.9. The van der Waals surface area contributed by atoms with E-state index >= 15 is 0 Å². The molecule has 0 bridgehead atoms. The molecular weight excluding hydrogens is 187 g/mol. The topological polar surface area (TPSA) is 20.2 Å². The van der Waals surface area contributed by atoms with Crippen molar-refractivity contribution in [2.45, 2.75) is 24.8 Å². The highest BCUT2D eigenvalue weighted by Crippen LogP contribution is 2.21. The summed E-state index contributed by atoms with van der Waals surface area (Å²) in [6.45, 7) is 1.98. The first-order valence-electron chi connectivity index (χ1n) is 4.29. The third-order valence-electron chi connectivity index (χ3n) is 1.59. The molecule has 0 radical (unpaired) electrons. The number of rotatable bonds is 4. The molecule has 0 aliphatic rings. The molecule has 0 unspecified atom stereocenters. The van der Waals surface area contributed by atoms with Gasteiger partial charge in [0.05, 0.1) is 6.61 Å². The van der Waals surface area contributed by atoms with Gasteiger partial charge in [0.1, 0.15) is 5.82 Å². The van der Waals surface area contributed by atoms with Gasteiger partial charge in [0, 0.05) is 4.90 Å². The van der Waals surface area contributed by atoms with Crippen molar-refractivity contribution in [3.05, 3.63) is 29.6 Å². The van der Waals surface area contributed by atoms with E-state index in [4.69, 9.17) is 5.11 Å². The average Bonchev–Trinajstić information content (AvgIpc) is 2.14. The first kappa shape index (κ1) is 10.5. The van der Waals surface area contributed by atoms with Crippen LogP contribution in [0, 0.1) is 5.82 Å². The van der Waals surface area contributed by atoms with Crippen LogP contribution in [0.15, 0.2) is 23.1 Å². The van der Waals surface area contributed by atoms with Gasteiger partial charge in [0.15, 0.2) is 0 Å². The number of hydrogen-bond donors (Lipinski definition) is 1. The minimum Gasteiger partial charge on any atom is -0.392 e. The number of thioether (sulfide) groups is 1. The lowest BCUT2D eigenvalue weighted by Crippen LogP contribution is -1.87. The molecule has 0 saturated carbocycles. The van der Waals surface area contributed by atoms with E-state index in [2.05, 4.69) is 6.92 Å². The van der Waals surface area contributed by atoms with E-state index in [0.29, 0.717) is 5.56 Å². The minimum absolute atomic E-state index is 0.0998. The third-order valence-corrected chi connectivity index (χ3v) is 2.77. The molecule has 1 rings (SSSR count). The van der Waals surface area contributed by atoms with E-state index in [0.717, 1.165) is 17.1 Å². The zero-order chi connectivity index (χ0) is 9.68. The quantitative estimate of drug-likeness (QED) is 0.754. The van der Waals surface area contributed by atoms with Crippen molar-refractivity contribution in [3.8, 4) is 0 Å². The largest absolute Gasteiger partial charge is 0.392 e. The highest BCUT2D eigenvalue weighted by Gasteiger charge is 1.99. The fourth-order valence-corrected chi connectivity index (χ4v) is 1.89. The van der Waals surface area contributed by atoms with Crippen LogP contribution in [0.3, 0.4) is 0 Å². The summed E-state index contributed by atoms with van der Waals surface area (Å²) in [5.41, 5.74) is 0.638. The zero-order valence-electron chi connectivity index (χ0n) is 7.59. The molecule has 0 fully saturated rings. The van der Waals surface area contributed by atoms with Gasteiger partial charge in [-0.15, -0.1) is 11.8 Å². The van der Waals surface area contributed by atoms with Crippen LogP contribution in [0.1, 0.15) is 18.9 Å². The zero-order valence-corrected chi connectivity index (χ0v) is 8.40. The van der Waals surface area contributed by atoms with E-state index < -0.39 is 0 Å². The van der Waals surface area contributed by atoms with Gasteiger partial charge in [-0.3, -0.25) is 0 Å². The number of halogens is 1. The third kappa shape index (κ3) is 3.36. The van der Waals surface area contributed by atoms with Crippen LogP contribution in [0.5, 0.6) is 0 Å². The Hall–Kier alpha value is -0.540. The van der Waals surface area contributed by atoms with Crippen molar-refractivity contribution in [1.29, 1.82) is 0 Å². The smallest absolute Gasteiger partial charge is 0.124 e. The van der Waals surface area contributed by atoms with Crippen molar-refractivity contribution < 1.29 is 9.50 Å². The van der Waals surface area contributed by atoms with Crippen LogP contribution in [0.2, 0.25) is 0 Å². The molecule has 1 aromatic rings. The Morgan fingerprint density at radius 3 is 2.77 bits per heavy atom. The monoisotopic (exact) mass is 200 g/mol. The lowest BCUT2D eigenvalue weighted by molar-refractivity contribution is 0.281. The summed E-state index contributed by atoms with van der Waals surface area (Å²) >= 11 is 1.61. The number of aliphatic hydroxyl groups is 1. The molecule has 72 valence electrons. The lowest BCUT2D eigenvalue weighted by atomic mass is 10.2. The lowest BCUT2D eigenvalue weighted by Gasteiger charge is -2.02. The Bertz CT molecular complexity index is 276. The van der Waals surface area contributed by atoms with E-state index in [9.17, 15) is 4.39 Å². The van der Waals surface area contributed by atoms with Crippen LogP contribution >= 0.6 is 11.8 Å². The van der Waals surface area contributed by atoms with Gasteiger partial charge in [-0.25, -0.2) is 4.39 Å². The molecule has 3 heteroatoms. The standard InChI is InChI=1S/C10H13FOS/c1-2-3-13-10-5-8(7-12)4-9(11)6-10/h4-6,12H,2-3,7H2,1H3. The SMILES string of the molecule is CCCSc1cc(F)cc(CO)c1. The van der Waals surface area contributed by atoms with Crippen molar-refractivity contribution in [2.24, 2.45) is 0 Å². The Labute approximate surface area is 82.0 Å². The van der Waals surface area contributed by atoms with Crippen molar-refractivity contribution in [1.82, 2.24) is 0 Å². The van der Waals surface area contributed by atoms with Crippen molar-refractivity contribution >= 4 is 11.8 Å². The highest BCUT2D eigenvalue weighted by molar-refractivity contribution is 7.99. The van der Waals surface area contributed by atoms with Gasteiger partial charge >= 0.3 is 0 Å². The van der Waals surface area contributed by atoms with Gasteiger partial charge < -0.3 is 5.11 Å². The maximum Gasteiger partial charge on any atom is 0.124 e. The van der Waals surface area contributed by atoms with Gasteiger partial charge in [0.25, 0.3) is 0 Å². The first-order chi connectivity index (χ1) is 6.26. The molecule has 0 heterocycles. The molecule has 13 heavy (non-hydrogen) atoms. The Morgan fingerprint density at radius 1 is 1.38 bits per heavy atom. The molecule has 0 aromatic heterocycles. The van der Waals surface area contributed by atoms with E-state index in [-0.39, 0.29) is 12.4 Å². The normalized spacial score (nSPS) is 10.4. The second-order valence-corrected chi connectivity index (χ2v) is 3.97. The second-order valence-electron chi connectivity index (χ2n) is 2.80. The van der Waals surface area contributed by atoms with Crippen LogP contribution < -0.4 is 0 Å². The molecule has 1 nitrogen and oxygen atoms in total. The van der Waals surface area contributed by atoms with Gasteiger partial charge in [0.2, 0.25) is 0 Å². The molecule has 0 aliphatic carbocycles. The van der Waals surface area contributed by atoms with Gasteiger partial charge in [-0.1, -0.05) is 6.92 Å². The Balaban J connectivity index is 2.76. The molecule has 0 spiro atoms. The summed E-state index contributed by atoms with van der Waals surface area (Å²) in [4.78, 5) is 0.894. The summed E-state index contributed by atoms with van der Waals surface area (Å²) in [6, 6.07) is 4.68. The molecule has 0 saturated heterocycles. The molecule has 1 N–H and O–H groups in total. The summed E-state index contributed by atoms with van der Waals surface area (Å²) in [7, 11) is 0. The fourth-order valence-electron chi connectivity index (χ4n) is 1.02. The predicted octanol–water partition coefficient (Wildman–Crippen LogP) is 2.82. The number of aliphatic hydroxyl groups excluding tert-OH is 1. The van der Waals surface area contributed by atoms with Crippen molar-refractivity contribution in [2.75, 3.05) is 5.75 Å². The maximum absolute atomic E-state index is 12.9.